The van der Waals surface area contributed by atoms with E-state index in [-0.39, 0.29) is 0 Å². The topological polar surface area (TPSA) is 47.3 Å². The van der Waals surface area contributed by atoms with Crippen LogP contribution in [0, 0.1) is 5.92 Å². The van der Waals surface area contributed by atoms with Crippen molar-refractivity contribution in [2.45, 2.75) is 52.7 Å². The molecule has 0 aliphatic heterocycles. The van der Waals surface area contributed by atoms with E-state index in [1.165, 1.54) is 0 Å². The molecule has 0 bridgehead atoms. The quantitative estimate of drug-likeness (QED) is 0.797. The van der Waals surface area contributed by atoms with Gasteiger partial charge in [-0.3, -0.25) is 4.68 Å². The summed E-state index contributed by atoms with van der Waals surface area (Å²) in [5.74, 6) is 1.19. The van der Waals surface area contributed by atoms with Crippen LogP contribution in [0.25, 0.3) is 0 Å². The van der Waals surface area contributed by atoms with Gasteiger partial charge in [0.15, 0.2) is 5.75 Å². The summed E-state index contributed by atoms with van der Waals surface area (Å²) in [5.41, 5.74) is 0.814. The zero-order valence-corrected chi connectivity index (χ0v) is 11.3. The molecule has 0 spiro atoms. The standard InChI is InChI=1S/C13H24N2O2/c1-5-7-15-13(12(17-4)9-14-15)11(16)8-10(3)6-2/h9-11,16H,5-8H2,1-4H3. The van der Waals surface area contributed by atoms with Gasteiger partial charge in [-0.25, -0.2) is 0 Å². The first-order valence-corrected chi connectivity index (χ1v) is 6.41. The summed E-state index contributed by atoms with van der Waals surface area (Å²) in [7, 11) is 1.62. The lowest BCUT2D eigenvalue weighted by Crippen LogP contribution is -2.12. The van der Waals surface area contributed by atoms with Gasteiger partial charge < -0.3 is 9.84 Å². The van der Waals surface area contributed by atoms with E-state index in [2.05, 4.69) is 25.9 Å². The van der Waals surface area contributed by atoms with Crippen molar-refractivity contribution in [3.63, 3.8) is 0 Å². The summed E-state index contributed by atoms with van der Waals surface area (Å²) < 4.78 is 7.12. The van der Waals surface area contributed by atoms with Crippen LogP contribution in [-0.2, 0) is 6.54 Å². The average Bonchev–Trinajstić information content (AvgIpc) is 2.72. The maximum Gasteiger partial charge on any atom is 0.162 e. The van der Waals surface area contributed by atoms with Gasteiger partial charge in [-0.15, -0.1) is 0 Å². The Kier molecular flexibility index (Phi) is 5.48. The van der Waals surface area contributed by atoms with Gasteiger partial charge in [0, 0.05) is 6.54 Å². The lowest BCUT2D eigenvalue weighted by molar-refractivity contribution is 0.132. The monoisotopic (exact) mass is 240 g/mol. The lowest BCUT2D eigenvalue weighted by atomic mass is 9.99. The summed E-state index contributed by atoms with van der Waals surface area (Å²) in [5, 5.41) is 14.6. The summed E-state index contributed by atoms with van der Waals surface area (Å²) in [6, 6.07) is 0. The molecule has 0 aliphatic rings. The second-order valence-electron chi connectivity index (χ2n) is 4.59. The SMILES string of the molecule is CCCn1ncc(OC)c1C(O)CC(C)CC. The van der Waals surface area contributed by atoms with Crippen LogP contribution >= 0.6 is 0 Å². The van der Waals surface area contributed by atoms with Crippen LogP contribution in [0.15, 0.2) is 6.20 Å². The second-order valence-corrected chi connectivity index (χ2v) is 4.59. The van der Waals surface area contributed by atoms with Gasteiger partial charge >= 0.3 is 0 Å². The molecule has 1 rings (SSSR count). The molecule has 0 aliphatic carbocycles. The number of hydrogen-bond acceptors (Lipinski definition) is 3. The fraction of sp³-hybridized carbons (Fsp3) is 0.769. The summed E-state index contributed by atoms with van der Waals surface area (Å²) in [4.78, 5) is 0. The zero-order chi connectivity index (χ0) is 12.8. The fourth-order valence-electron chi connectivity index (χ4n) is 1.92. The first-order chi connectivity index (χ1) is 8.13. The molecule has 0 saturated heterocycles. The number of nitrogens with zero attached hydrogens (tertiary/aromatic N) is 2. The first-order valence-electron chi connectivity index (χ1n) is 6.41. The third-order valence-corrected chi connectivity index (χ3v) is 3.14. The van der Waals surface area contributed by atoms with Gasteiger partial charge in [0.05, 0.1) is 19.4 Å². The van der Waals surface area contributed by atoms with Crippen LogP contribution in [0.4, 0.5) is 0 Å². The molecule has 4 heteroatoms. The van der Waals surface area contributed by atoms with E-state index in [4.69, 9.17) is 4.74 Å². The molecule has 2 unspecified atom stereocenters. The molecule has 2 atom stereocenters. The normalized spacial score (nSPS) is 14.6. The number of aliphatic hydroxyl groups excluding tert-OH is 1. The van der Waals surface area contributed by atoms with Gasteiger partial charge in [-0.1, -0.05) is 27.2 Å². The molecule has 0 radical (unpaired) electrons. The van der Waals surface area contributed by atoms with Crippen molar-refractivity contribution in [1.29, 1.82) is 0 Å². The second kappa shape index (κ2) is 6.64. The largest absolute Gasteiger partial charge is 0.493 e. The molecular formula is C13H24N2O2. The molecule has 0 aromatic carbocycles. The van der Waals surface area contributed by atoms with E-state index in [0.717, 1.165) is 31.5 Å². The Labute approximate surface area is 104 Å². The van der Waals surface area contributed by atoms with E-state index in [1.807, 2.05) is 4.68 Å². The maximum absolute atomic E-state index is 10.3. The van der Waals surface area contributed by atoms with Crippen LogP contribution in [-0.4, -0.2) is 22.0 Å². The van der Waals surface area contributed by atoms with Crippen molar-refractivity contribution in [2.75, 3.05) is 7.11 Å². The third kappa shape index (κ3) is 3.46. The minimum Gasteiger partial charge on any atom is -0.493 e. The van der Waals surface area contributed by atoms with Crippen molar-refractivity contribution in [3.05, 3.63) is 11.9 Å². The summed E-state index contributed by atoms with van der Waals surface area (Å²) >= 11 is 0. The van der Waals surface area contributed by atoms with E-state index in [1.54, 1.807) is 13.3 Å². The van der Waals surface area contributed by atoms with Gasteiger partial charge in [0.1, 0.15) is 5.69 Å². The van der Waals surface area contributed by atoms with Crippen LogP contribution in [0.1, 0.15) is 51.8 Å². The van der Waals surface area contributed by atoms with Crippen molar-refractivity contribution >= 4 is 0 Å². The smallest absolute Gasteiger partial charge is 0.162 e. The Hall–Kier alpha value is -1.03. The molecule has 0 saturated carbocycles. The fourth-order valence-corrected chi connectivity index (χ4v) is 1.92. The number of rotatable bonds is 7. The number of hydrogen-bond donors (Lipinski definition) is 1. The molecule has 4 nitrogen and oxygen atoms in total. The van der Waals surface area contributed by atoms with Crippen LogP contribution in [0.5, 0.6) is 5.75 Å². The number of aromatic nitrogens is 2. The average molecular weight is 240 g/mol. The van der Waals surface area contributed by atoms with Gasteiger partial charge in [-0.2, -0.15) is 5.10 Å². The van der Waals surface area contributed by atoms with E-state index >= 15 is 0 Å². The van der Waals surface area contributed by atoms with Crippen LogP contribution in [0.3, 0.4) is 0 Å². The Balaban J connectivity index is 2.88. The van der Waals surface area contributed by atoms with E-state index in [0.29, 0.717) is 11.7 Å². The number of ether oxygens (including phenoxy) is 1. The first kappa shape index (κ1) is 14.0. The van der Waals surface area contributed by atoms with E-state index in [9.17, 15) is 5.11 Å². The molecule has 17 heavy (non-hydrogen) atoms. The molecule has 1 aromatic heterocycles. The number of methoxy groups -OCH3 is 1. The van der Waals surface area contributed by atoms with Gasteiger partial charge in [-0.05, 0) is 18.8 Å². The van der Waals surface area contributed by atoms with Crippen molar-refractivity contribution in [1.82, 2.24) is 9.78 Å². The van der Waals surface area contributed by atoms with E-state index < -0.39 is 6.10 Å². The lowest BCUT2D eigenvalue weighted by Gasteiger charge is -2.17. The highest BCUT2D eigenvalue weighted by atomic mass is 16.5. The van der Waals surface area contributed by atoms with Gasteiger partial charge in [0.2, 0.25) is 0 Å². The highest BCUT2D eigenvalue weighted by Crippen LogP contribution is 2.30. The Morgan fingerprint density at radius 3 is 2.71 bits per heavy atom. The minimum atomic E-state index is -0.492. The van der Waals surface area contributed by atoms with Crippen LogP contribution < -0.4 is 4.74 Å². The number of aliphatic hydroxyl groups is 1. The van der Waals surface area contributed by atoms with Gasteiger partial charge in [0.25, 0.3) is 0 Å². The van der Waals surface area contributed by atoms with Crippen molar-refractivity contribution < 1.29 is 9.84 Å². The predicted molar refractivity (Wildman–Crippen MR) is 68.1 cm³/mol. The van der Waals surface area contributed by atoms with Crippen LogP contribution in [0.2, 0.25) is 0 Å². The molecule has 1 N–H and O–H groups in total. The van der Waals surface area contributed by atoms with Crippen molar-refractivity contribution in [2.24, 2.45) is 5.92 Å². The molecule has 1 aromatic rings. The molecule has 0 amide bonds. The summed E-state index contributed by atoms with van der Waals surface area (Å²) in [6.07, 6.45) is 4.01. The molecule has 98 valence electrons. The zero-order valence-electron chi connectivity index (χ0n) is 11.3. The molecular weight excluding hydrogens is 216 g/mol. The Morgan fingerprint density at radius 2 is 2.18 bits per heavy atom. The highest BCUT2D eigenvalue weighted by molar-refractivity contribution is 5.27. The summed E-state index contributed by atoms with van der Waals surface area (Å²) in [6.45, 7) is 7.20. The van der Waals surface area contributed by atoms with Crippen molar-refractivity contribution in [3.8, 4) is 5.75 Å². The maximum atomic E-state index is 10.3. The Bertz CT molecular complexity index is 336. The third-order valence-electron chi connectivity index (χ3n) is 3.14. The molecule has 0 fully saturated rings. The predicted octanol–water partition coefficient (Wildman–Crippen LogP) is 2.77. The number of aryl methyl sites for hydroxylation is 1. The Morgan fingerprint density at radius 1 is 1.47 bits per heavy atom. The molecule has 1 heterocycles. The minimum absolute atomic E-state index is 0.492. The highest BCUT2D eigenvalue weighted by Gasteiger charge is 2.21.